The maximum Gasteiger partial charge on any atom is 0.253 e. The van der Waals surface area contributed by atoms with Crippen molar-refractivity contribution < 1.29 is 19.0 Å². The Kier molecular flexibility index (Phi) is 5.71. The van der Waals surface area contributed by atoms with E-state index in [1.807, 2.05) is 0 Å². The van der Waals surface area contributed by atoms with E-state index >= 15 is 0 Å². The predicted octanol–water partition coefficient (Wildman–Crippen LogP) is 1.67. The molecule has 6 heteroatoms. The van der Waals surface area contributed by atoms with Gasteiger partial charge in [0.15, 0.2) is 0 Å². The number of carbonyl (C=O) groups excluding carboxylic acids is 1. The zero-order chi connectivity index (χ0) is 13.7. The number of likely N-dealkylation sites (N-methyl/N-ethyl adjacent to an activating group) is 1. The van der Waals surface area contributed by atoms with E-state index in [1.165, 1.54) is 24.1 Å². The maximum atomic E-state index is 13.3. The van der Waals surface area contributed by atoms with Gasteiger partial charge in [-0.05, 0) is 34.1 Å². The Hall–Kier alpha value is -0.980. The molecule has 1 N–H and O–H groups in total. The number of ether oxygens (including phenoxy) is 1. The van der Waals surface area contributed by atoms with Crippen molar-refractivity contribution in [3.05, 3.63) is 34.1 Å². The van der Waals surface area contributed by atoms with Crippen LogP contribution in [0, 0.1) is 5.82 Å². The summed E-state index contributed by atoms with van der Waals surface area (Å²) >= 11 is 3.02. The number of nitrogens with zero attached hydrogens (tertiary/aromatic N) is 1. The SMILES string of the molecule is COCC(O)CN(C)C(=O)c1ccc(Br)c(F)c1. The number of hydrogen-bond donors (Lipinski definition) is 1. The van der Waals surface area contributed by atoms with Crippen LogP contribution in [0.5, 0.6) is 0 Å². The maximum absolute atomic E-state index is 13.3. The van der Waals surface area contributed by atoms with Crippen LogP contribution in [-0.2, 0) is 4.74 Å². The minimum Gasteiger partial charge on any atom is -0.389 e. The van der Waals surface area contributed by atoms with Crippen molar-refractivity contribution in [1.82, 2.24) is 4.90 Å². The van der Waals surface area contributed by atoms with Gasteiger partial charge in [0, 0.05) is 26.3 Å². The van der Waals surface area contributed by atoms with Gasteiger partial charge in [0.25, 0.3) is 5.91 Å². The van der Waals surface area contributed by atoms with Crippen molar-refractivity contribution in [2.45, 2.75) is 6.10 Å². The number of rotatable bonds is 5. The van der Waals surface area contributed by atoms with Crippen molar-refractivity contribution >= 4 is 21.8 Å². The first kappa shape index (κ1) is 15.1. The van der Waals surface area contributed by atoms with Gasteiger partial charge < -0.3 is 14.7 Å². The molecule has 1 amide bonds. The molecule has 0 aromatic heterocycles. The Labute approximate surface area is 113 Å². The van der Waals surface area contributed by atoms with Crippen LogP contribution in [0.2, 0.25) is 0 Å². The standard InChI is InChI=1S/C12H15BrFNO3/c1-15(6-9(16)7-18-2)12(17)8-3-4-10(13)11(14)5-8/h3-5,9,16H,6-7H2,1-2H3. The summed E-state index contributed by atoms with van der Waals surface area (Å²) in [7, 11) is 3.01. The highest BCUT2D eigenvalue weighted by Gasteiger charge is 2.16. The molecule has 0 aliphatic carbocycles. The summed E-state index contributed by atoms with van der Waals surface area (Å²) in [5.41, 5.74) is 0.239. The summed E-state index contributed by atoms with van der Waals surface area (Å²) in [5, 5.41) is 9.51. The summed E-state index contributed by atoms with van der Waals surface area (Å²) in [6.45, 7) is 0.274. The van der Waals surface area contributed by atoms with Gasteiger partial charge >= 0.3 is 0 Å². The average molecular weight is 320 g/mol. The van der Waals surface area contributed by atoms with E-state index in [0.717, 1.165) is 6.07 Å². The Bertz CT molecular complexity index is 428. The van der Waals surface area contributed by atoms with Crippen LogP contribution in [0.15, 0.2) is 22.7 Å². The molecule has 100 valence electrons. The van der Waals surface area contributed by atoms with E-state index in [-0.39, 0.29) is 24.6 Å². The largest absolute Gasteiger partial charge is 0.389 e. The van der Waals surface area contributed by atoms with Crippen LogP contribution in [0.3, 0.4) is 0 Å². The molecular formula is C12H15BrFNO3. The molecule has 0 heterocycles. The molecule has 1 atom stereocenters. The van der Waals surface area contributed by atoms with Gasteiger partial charge in [-0.1, -0.05) is 0 Å². The lowest BCUT2D eigenvalue weighted by Gasteiger charge is -2.20. The van der Waals surface area contributed by atoms with Crippen molar-refractivity contribution in [1.29, 1.82) is 0 Å². The summed E-state index contributed by atoms with van der Waals surface area (Å²) < 4.78 is 18.4. The molecule has 0 spiro atoms. The number of amides is 1. The van der Waals surface area contributed by atoms with E-state index in [0.29, 0.717) is 4.47 Å². The van der Waals surface area contributed by atoms with Gasteiger partial charge in [-0.15, -0.1) is 0 Å². The number of methoxy groups -OCH3 is 1. The fourth-order valence-corrected chi connectivity index (χ4v) is 1.74. The molecular weight excluding hydrogens is 305 g/mol. The Balaban J connectivity index is 2.71. The molecule has 1 aromatic carbocycles. The molecule has 0 bridgehead atoms. The highest BCUT2D eigenvalue weighted by molar-refractivity contribution is 9.10. The van der Waals surface area contributed by atoms with Gasteiger partial charge in [-0.25, -0.2) is 4.39 Å². The van der Waals surface area contributed by atoms with E-state index < -0.39 is 11.9 Å². The third-order valence-electron chi connectivity index (χ3n) is 2.36. The zero-order valence-electron chi connectivity index (χ0n) is 10.2. The van der Waals surface area contributed by atoms with Crippen molar-refractivity contribution in [3.63, 3.8) is 0 Å². The van der Waals surface area contributed by atoms with Crippen LogP contribution in [0.1, 0.15) is 10.4 Å². The molecule has 4 nitrogen and oxygen atoms in total. The second-order valence-corrected chi connectivity index (χ2v) is 4.78. The van der Waals surface area contributed by atoms with Crippen LogP contribution in [0.4, 0.5) is 4.39 Å². The van der Waals surface area contributed by atoms with Crippen molar-refractivity contribution in [2.24, 2.45) is 0 Å². The lowest BCUT2D eigenvalue weighted by Crippen LogP contribution is -2.36. The van der Waals surface area contributed by atoms with E-state index in [1.54, 1.807) is 7.05 Å². The number of benzene rings is 1. The summed E-state index contributed by atoms with van der Waals surface area (Å²) in [6.07, 6.45) is -0.760. The topological polar surface area (TPSA) is 49.8 Å². The zero-order valence-corrected chi connectivity index (χ0v) is 11.8. The Morgan fingerprint density at radius 1 is 1.61 bits per heavy atom. The molecule has 1 aromatic rings. The number of hydrogen-bond acceptors (Lipinski definition) is 3. The summed E-state index contributed by atoms with van der Waals surface area (Å²) in [4.78, 5) is 13.3. The van der Waals surface area contributed by atoms with E-state index in [2.05, 4.69) is 15.9 Å². The summed E-state index contributed by atoms with van der Waals surface area (Å²) in [5.74, 6) is -0.844. The first-order valence-corrected chi connectivity index (χ1v) is 6.12. The minimum atomic E-state index is -0.760. The summed E-state index contributed by atoms with van der Waals surface area (Å²) in [6, 6.07) is 4.16. The lowest BCUT2D eigenvalue weighted by atomic mass is 10.2. The third-order valence-corrected chi connectivity index (χ3v) is 3.00. The molecule has 0 aliphatic rings. The number of aliphatic hydroxyl groups is 1. The fraction of sp³-hybridized carbons (Fsp3) is 0.417. The molecule has 0 radical (unpaired) electrons. The number of halogens is 2. The number of aliphatic hydroxyl groups excluding tert-OH is 1. The monoisotopic (exact) mass is 319 g/mol. The van der Waals surface area contributed by atoms with Gasteiger partial charge in [0.2, 0.25) is 0 Å². The normalized spacial score (nSPS) is 12.3. The molecule has 0 fully saturated rings. The fourth-order valence-electron chi connectivity index (χ4n) is 1.49. The molecule has 0 saturated heterocycles. The molecule has 0 aliphatic heterocycles. The number of carbonyl (C=O) groups is 1. The third kappa shape index (κ3) is 4.04. The molecule has 1 rings (SSSR count). The van der Waals surface area contributed by atoms with E-state index in [9.17, 15) is 14.3 Å². The quantitative estimate of drug-likeness (QED) is 0.898. The van der Waals surface area contributed by atoms with Crippen LogP contribution >= 0.6 is 15.9 Å². The van der Waals surface area contributed by atoms with Gasteiger partial charge in [-0.3, -0.25) is 4.79 Å². The molecule has 1 unspecified atom stereocenters. The second-order valence-electron chi connectivity index (χ2n) is 3.92. The lowest BCUT2D eigenvalue weighted by molar-refractivity contribution is 0.0380. The van der Waals surface area contributed by atoms with E-state index in [4.69, 9.17) is 4.74 Å². The second kappa shape index (κ2) is 6.82. The molecule has 0 saturated carbocycles. The first-order valence-electron chi connectivity index (χ1n) is 5.33. The average Bonchev–Trinajstić information content (AvgIpc) is 2.32. The van der Waals surface area contributed by atoms with Crippen LogP contribution in [-0.4, -0.2) is 49.3 Å². The predicted molar refractivity (Wildman–Crippen MR) is 68.9 cm³/mol. The highest BCUT2D eigenvalue weighted by atomic mass is 79.9. The minimum absolute atomic E-state index is 0.129. The van der Waals surface area contributed by atoms with Crippen LogP contribution in [0.25, 0.3) is 0 Å². The van der Waals surface area contributed by atoms with Crippen LogP contribution < -0.4 is 0 Å². The van der Waals surface area contributed by atoms with Gasteiger partial charge in [0.1, 0.15) is 5.82 Å². The Morgan fingerprint density at radius 3 is 2.83 bits per heavy atom. The Morgan fingerprint density at radius 2 is 2.28 bits per heavy atom. The smallest absolute Gasteiger partial charge is 0.253 e. The van der Waals surface area contributed by atoms with Crippen molar-refractivity contribution in [2.75, 3.05) is 27.3 Å². The highest BCUT2D eigenvalue weighted by Crippen LogP contribution is 2.17. The van der Waals surface area contributed by atoms with Crippen molar-refractivity contribution in [3.8, 4) is 0 Å². The van der Waals surface area contributed by atoms with Gasteiger partial charge in [-0.2, -0.15) is 0 Å². The first-order chi connectivity index (χ1) is 8.45. The van der Waals surface area contributed by atoms with Gasteiger partial charge in [0.05, 0.1) is 17.2 Å². The molecule has 18 heavy (non-hydrogen) atoms.